The summed E-state index contributed by atoms with van der Waals surface area (Å²) >= 11 is 0. The van der Waals surface area contributed by atoms with E-state index in [2.05, 4.69) is 9.80 Å². The maximum atomic E-state index is 14.2. The molecule has 2 aromatic carbocycles. The summed E-state index contributed by atoms with van der Waals surface area (Å²) in [6.07, 6.45) is 0. The molecule has 35 heavy (non-hydrogen) atoms. The number of fused-ring (bicyclic) bond motifs is 1. The molecule has 1 saturated heterocycles. The van der Waals surface area contributed by atoms with Crippen LogP contribution in [-0.4, -0.2) is 49.8 Å². The maximum absolute atomic E-state index is 14.2. The summed E-state index contributed by atoms with van der Waals surface area (Å²) in [5.41, 5.74) is 2.92. The highest BCUT2D eigenvalue weighted by Gasteiger charge is 2.24. The second kappa shape index (κ2) is 9.14. The number of rotatable bonds is 5. The molecule has 0 bridgehead atoms. The van der Waals surface area contributed by atoms with Gasteiger partial charge in [-0.3, -0.25) is 18.8 Å². The second-order valence-electron chi connectivity index (χ2n) is 9.13. The summed E-state index contributed by atoms with van der Waals surface area (Å²) in [6, 6.07) is 14.9. The van der Waals surface area contributed by atoms with Crippen LogP contribution in [0, 0.1) is 12.7 Å². The first-order valence-electron chi connectivity index (χ1n) is 11.8. The fourth-order valence-corrected chi connectivity index (χ4v) is 4.80. The van der Waals surface area contributed by atoms with E-state index < -0.39 is 5.69 Å². The van der Waals surface area contributed by atoms with Crippen molar-refractivity contribution in [1.29, 1.82) is 0 Å². The van der Waals surface area contributed by atoms with Crippen LogP contribution in [0.2, 0.25) is 0 Å². The Balaban J connectivity index is 1.49. The number of para-hydroxylation sites is 1. The van der Waals surface area contributed by atoms with E-state index in [4.69, 9.17) is 4.98 Å². The minimum absolute atomic E-state index is 0.210. The van der Waals surface area contributed by atoms with Crippen molar-refractivity contribution in [2.45, 2.75) is 20.0 Å². The van der Waals surface area contributed by atoms with Crippen LogP contribution in [0.1, 0.15) is 17.0 Å². The van der Waals surface area contributed by atoms with E-state index in [-0.39, 0.29) is 11.4 Å². The summed E-state index contributed by atoms with van der Waals surface area (Å²) in [6.45, 7) is 5.92. The van der Waals surface area contributed by atoms with Gasteiger partial charge in [-0.2, -0.15) is 0 Å². The Morgan fingerprint density at radius 3 is 2.29 bits per heavy atom. The molecule has 1 aliphatic heterocycles. The van der Waals surface area contributed by atoms with Crippen molar-refractivity contribution in [1.82, 2.24) is 23.6 Å². The first-order valence-corrected chi connectivity index (χ1v) is 11.8. The summed E-state index contributed by atoms with van der Waals surface area (Å²) in [5.74, 6) is 0.527. The van der Waals surface area contributed by atoms with Crippen LogP contribution in [0.5, 0.6) is 0 Å². The molecule has 0 atom stereocenters. The molecular weight excluding hydrogens is 447 g/mol. The molecule has 0 unspecified atom stereocenters. The topological polar surface area (TPSA) is 68.3 Å². The number of hydrogen-bond donors (Lipinski definition) is 0. The fraction of sp³-hybridized carbons (Fsp3) is 0.346. The van der Waals surface area contributed by atoms with Gasteiger partial charge in [-0.05, 0) is 30.2 Å². The van der Waals surface area contributed by atoms with Gasteiger partial charge in [0.05, 0.1) is 12.2 Å². The normalized spacial score (nSPS) is 14.7. The largest absolute Gasteiger partial charge is 0.367 e. The number of hydrogen-bond acceptors (Lipinski definition) is 5. The maximum Gasteiger partial charge on any atom is 0.332 e. The average molecular weight is 477 g/mol. The molecule has 9 heteroatoms. The molecular formula is C26H29FN6O2. The Morgan fingerprint density at radius 1 is 0.886 bits per heavy atom. The van der Waals surface area contributed by atoms with Crippen LogP contribution in [0.25, 0.3) is 11.2 Å². The minimum atomic E-state index is -0.395. The number of aryl methyl sites for hydroxylation is 2. The molecule has 0 amide bonds. The molecule has 0 spiro atoms. The van der Waals surface area contributed by atoms with Gasteiger partial charge in [-0.25, -0.2) is 14.2 Å². The lowest BCUT2D eigenvalue weighted by Gasteiger charge is -2.36. The lowest BCUT2D eigenvalue weighted by Crippen LogP contribution is -2.46. The molecule has 5 rings (SSSR count). The SMILES string of the molecule is Cc1ccccc1Cn1c(CN2CCN(c3ccccc3F)CC2)nc2c1c(=O)n(C)c(=O)n2C. The van der Waals surface area contributed by atoms with Crippen molar-refractivity contribution in [2.24, 2.45) is 14.1 Å². The minimum Gasteiger partial charge on any atom is -0.367 e. The predicted octanol–water partition coefficient (Wildman–Crippen LogP) is 2.25. The van der Waals surface area contributed by atoms with Crippen LogP contribution in [0.15, 0.2) is 58.1 Å². The molecule has 4 aromatic rings. The van der Waals surface area contributed by atoms with Crippen molar-refractivity contribution in [2.75, 3.05) is 31.1 Å². The zero-order valence-corrected chi connectivity index (χ0v) is 20.2. The van der Waals surface area contributed by atoms with Crippen molar-refractivity contribution in [3.8, 4) is 0 Å². The summed E-state index contributed by atoms with van der Waals surface area (Å²) in [5, 5.41) is 0. The van der Waals surface area contributed by atoms with E-state index >= 15 is 0 Å². The predicted molar refractivity (Wildman–Crippen MR) is 134 cm³/mol. The molecule has 0 N–H and O–H groups in total. The smallest absolute Gasteiger partial charge is 0.332 e. The van der Waals surface area contributed by atoms with Gasteiger partial charge in [0.2, 0.25) is 0 Å². The molecule has 0 radical (unpaired) electrons. The number of piperazine rings is 1. The van der Waals surface area contributed by atoms with Gasteiger partial charge in [-0.1, -0.05) is 36.4 Å². The summed E-state index contributed by atoms with van der Waals surface area (Å²) in [4.78, 5) is 34.8. The number of halogens is 1. The zero-order valence-electron chi connectivity index (χ0n) is 20.2. The van der Waals surface area contributed by atoms with Gasteiger partial charge in [0.1, 0.15) is 11.6 Å². The van der Waals surface area contributed by atoms with Crippen molar-refractivity contribution >= 4 is 16.9 Å². The molecule has 1 aliphatic rings. The Labute approximate surface area is 202 Å². The highest BCUT2D eigenvalue weighted by atomic mass is 19.1. The van der Waals surface area contributed by atoms with Crippen molar-refractivity contribution in [3.05, 3.63) is 92.1 Å². The molecule has 8 nitrogen and oxygen atoms in total. The van der Waals surface area contributed by atoms with Crippen molar-refractivity contribution < 1.29 is 4.39 Å². The van der Waals surface area contributed by atoms with Gasteiger partial charge in [-0.15, -0.1) is 0 Å². The van der Waals surface area contributed by atoms with Gasteiger partial charge in [0.25, 0.3) is 5.56 Å². The first-order chi connectivity index (χ1) is 16.8. The molecule has 2 aromatic heterocycles. The number of aromatic nitrogens is 4. The Kier molecular flexibility index (Phi) is 6.02. The lowest BCUT2D eigenvalue weighted by molar-refractivity contribution is 0.241. The van der Waals surface area contributed by atoms with Crippen LogP contribution >= 0.6 is 0 Å². The van der Waals surface area contributed by atoms with Gasteiger partial charge < -0.3 is 9.47 Å². The third kappa shape index (κ3) is 4.16. The first kappa shape index (κ1) is 23.0. The molecule has 0 saturated carbocycles. The zero-order chi connectivity index (χ0) is 24.7. The summed E-state index contributed by atoms with van der Waals surface area (Å²) in [7, 11) is 3.14. The van der Waals surface area contributed by atoms with E-state index in [0.717, 1.165) is 34.6 Å². The average Bonchev–Trinajstić information content (AvgIpc) is 3.21. The highest BCUT2D eigenvalue weighted by molar-refractivity contribution is 5.71. The van der Waals surface area contributed by atoms with Crippen LogP contribution < -0.4 is 16.1 Å². The van der Waals surface area contributed by atoms with E-state index in [1.165, 1.54) is 17.7 Å². The van der Waals surface area contributed by atoms with Gasteiger partial charge in [0, 0.05) is 46.8 Å². The fourth-order valence-electron chi connectivity index (χ4n) is 4.80. The van der Waals surface area contributed by atoms with E-state index in [0.29, 0.717) is 43.0 Å². The van der Waals surface area contributed by atoms with Crippen LogP contribution in [0.4, 0.5) is 10.1 Å². The monoisotopic (exact) mass is 476 g/mol. The van der Waals surface area contributed by atoms with Gasteiger partial charge >= 0.3 is 5.69 Å². The Hall–Kier alpha value is -3.72. The second-order valence-corrected chi connectivity index (χ2v) is 9.13. The van der Waals surface area contributed by atoms with E-state index in [1.807, 2.05) is 47.9 Å². The molecule has 3 heterocycles. The number of benzene rings is 2. The van der Waals surface area contributed by atoms with Gasteiger partial charge in [0.15, 0.2) is 11.2 Å². The van der Waals surface area contributed by atoms with Crippen molar-refractivity contribution in [3.63, 3.8) is 0 Å². The third-order valence-corrected chi connectivity index (χ3v) is 6.95. The number of imidazole rings is 1. The molecule has 182 valence electrons. The van der Waals surface area contributed by atoms with E-state index in [9.17, 15) is 14.0 Å². The Morgan fingerprint density at radius 2 is 1.57 bits per heavy atom. The summed E-state index contributed by atoms with van der Waals surface area (Å²) < 4.78 is 18.8. The highest BCUT2D eigenvalue weighted by Crippen LogP contribution is 2.22. The number of anilines is 1. The number of nitrogens with zero attached hydrogens (tertiary/aromatic N) is 6. The quantitative estimate of drug-likeness (QED) is 0.442. The van der Waals surface area contributed by atoms with E-state index in [1.54, 1.807) is 13.1 Å². The van der Waals surface area contributed by atoms with Crippen LogP contribution in [0.3, 0.4) is 0 Å². The standard InChI is InChI=1S/C26H29FN6O2/c1-18-8-4-5-9-19(18)16-33-22(28-24-23(33)25(34)30(3)26(35)29(24)2)17-31-12-14-32(15-13-31)21-11-7-6-10-20(21)27/h4-11H,12-17H2,1-3H3. The van der Waals surface area contributed by atoms with Crippen LogP contribution in [-0.2, 0) is 27.2 Å². The Bertz CT molecular complexity index is 1510. The molecule has 1 fully saturated rings. The lowest BCUT2D eigenvalue weighted by atomic mass is 10.1. The third-order valence-electron chi connectivity index (χ3n) is 6.95. The molecule has 0 aliphatic carbocycles.